The van der Waals surface area contributed by atoms with Crippen molar-refractivity contribution in [1.29, 1.82) is 0 Å². The van der Waals surface area contributed by atoms with E-state index in [1.165, 1.54) is 12.1 Å². The summed E-state index contributed by atoms with van der Waals surface area (Å²) in [7, 11) is 1.79. The zero-order chi connectivity index (χ0) is 17.2. The summed E-state index contributed by atoms with van der Waals surface area (Å²) in [5.41, 5.74) is -0.233. The molecule has 1 aromatic heterocycles. The first-order valence-corrected chi connectivity index (χ1v) is 7.95. The summed E-state index contributed by atoms with van der Waals surface area (Å²) in [5.74, 6) is 0.0919. The van der Waals surface area contributed by atoms with Gasteiger partial charge in [-0.05, 0) is 30.5 Å². The molecular weight excluding hydrogens is 311 g/mol. The number of hydrogen-bond acceptors (Lipinski definition) is 4. The second-order valence-corrected chi connectivity index (χ2v) is 6.24. The Morgan fingerprint density at radius 3 is 2.54 bits per heavy atom. The van der Waals surface area contributed by atoms with Gasteiger partial charge >= 0.3 is 0 Å². The number of nitrogens with zero attached hydrogens (tertiary/aromatic N) is 3. The summed E-state index contributed by atoms with van der Waals surface area (Å²) in [6, 6.07) is 7.71. The number of rotatable bonds is 4. The molecule has 0 radical (unpaired) electrons. The van der Waals surface area contributed by atoms with Crippen molar-refractivity contribution in [2.24, 2.45) is 7.05 Å². The van der Waals surface area contributed by atoms with E-state index in [1.54, 1.807) is 36.1 Å². The van der Waals surface area contributed by atoms with Crippen LogP contribution in [0.15, 0.2) is 36.5 Å². The second-order valence-electron chi connectivity index (χ2n) is 6.24. The maximum absolute atomic E-state index is 13.0. The lowest BCUT2D eigenvalue weighted by Gasteiger charge is -2.38. The van der Waals surface area contributed by atoms with Gasteiger partial charge in [-0.25, -0.2) is 4.39 Å². The number of hydrogen-bond donors (Lipinski definition) is 2. The van der Waals surface area contributed by atoms with E-state index in [0.717, 1.165) is 5.56 Å². The molecule has 1 aromatic carbocycles. The summed E-state index contributed by atoms with van der Waals surface area (Å²) < 4.78 is 14.6. The minimum absolute atomic E-state index is 0.124. The lowest BCUT2D eigenvalue weighted by atomic mass is 9.84. The number of aromatic nitrogens is 2. The SMILES string of the molecule is Cn1ccc(NC(=O)CN2CCC(O)(c3ccc(F)cc3)CC2)n1. The molecule has 3 rings (SSSR count). The van der Waals surface area contributed by atoms with Crippen LogP contribution in [0.25, 0.3) is 0 Å². The molecule has 2 heterocycles. The highest BCUT2D eigenvalue weighted by molar-refractivity contribution is 5.91. The van der Waals surface area contributed by atoms with Gasteiger partial charge in [-0.15, -0.1) is 0 Å². The molecule has 0 spiro atoms. The molecule has 0 saturated carbocycles. The highest BCUT2D eigenvalue weighted by atomic mass is 19.1. The van der Waals surface area contributed by atoms with E-state index >= 15 is 0 Å². The predicted octanol–water partition coefficient (Wildman–Crippen LogP) is 1.48. The van der Waals surface area contributed by atoms with Gasteiger partial charge in [-0.2, -0.15) is 5.10 Å². The van der Waals surface area contributed by atoms with E-state index in [9.17, 15) is 14.3 Å². The van der Waals surface area contributed by atoms with Crippen LogP contribution in [-0.2, 0) is 17.4 Å². The Labute approximate surface area is 139 Å². The number of likely N-dealkylation sites (tertiary alicyclic amines) is 1. The normalized spacial score (nSPS) is 17.6. The van der Waals surface area contributed by atoms with E-state index < -0.39 is 5.60 Å². The summed E-state index contributed by atoms with van der Waals surface area (Å²) in [6.07, 6.45) is 2.78. The molecule has 2 N–H and O–H groups in total. The van der Waals surface area contributed by atoms with Gasteiger partial charge in [0.25, 0.3) is 0 Å². The minimum atomic E-state index is -0.957. The van der Waals surface area contributed by atoms with Gasteiger partial charge in [0, 0.05) is 32.4 Å². The first-order chi connectivity index (χ1) is 11.4. The van der Waals surface area contributed by atoms with E-state index in [1.807, 2.05) is 4.90 Å². The van der Waals surface area contributed by atoms with E-state index in [4.69, 9.17) is 0 Å². The van der Waals surface area contributed by atoms with Gasteiger partial charge < -0.3 is 10.4 Å². The number of halogens is 1. The van der Waals surface area contributed by atoms with Crippen LogP contribution in [0.4, 0.5) is 10.2 Å². The monoisotopic (exact) mass is 332 g/mol. The van der Waals surface area contributed by atoms with Crippen LogP contribution in [0.3, 0.4) is 0 Å². The minimum Gasteiger partial charge on any atom is -0.385 e. The molecule has 1 amide bonds. The average molecular weight is 332 g/mol. The van der Waals surface area contributed by atoms with Gasteiger partial charge in [0.15, 0.2) is 5.82 Å². The molecule has 0 bridgehead atoms. The first kappa shape index (κ1) is 16.6. The third-order valence-corrected chi connectivity index (χ3v) is 4.41. The van der Waals surface area contributed by atoms with Crippen LogP contribution in [0.2, 0.25) is 0 Å². The highest BCUT2D eigenvalue weighted by Gasteiger charge is 2.34. The Morgan fingerprint density at radius 2 is 1.96 bits per heavy atom. The van der Waals surface area contributed by atoms with Crippen LogP contribution in [-0.4, -0.2) is 45.3 Å². The van der Waals surface area contributed by atoms with Gasteiger partial charge in [0.2, 0.25) is 5.91 Å². The van der Waals surface area contributed by atoms with E-state index in [0.29, 0.717) is 31.7 Å². The third kappa shape index (κ3) is 3.80. The predicted molar refractivity (Wildman–Crippen MR) is 87.8 cm³/mol. The second kappa shape index (κ2) is 6.70. The van der Waals surface area contributed by atoms with Crippen molar-refractivity contribution in [3.05, 3.63) is 47.9 Å². The number of benzene rings is 1. The van der Waals surface area contributed by atoms with Gasteiger partial charge in [-0.3, -0.25) is 14.4 Å². The third-order valence-electron chi connectivity index (χ3n) is 4.41. The zero-order valence-electron chi connectivity index (χ0n) is 13.6. The molecule has 0 aliphatic carbocycles. The van der Waals surface area contributed by atoms with Gasteiger partial charge in [-0.1, -0.05) is 12.1 Å². The number of carbonyl (C=O) groups is 1. The van der Waals surface area contributed by atoms with Gasteiger partial charge in [0.05, 0.1) is 12.1 Å². The molecule has 6 nitrogen and oxygen atoms in total. The average Bonchev–Trinajstić information content (AvgIpc) is 2.95. The molecule has 0 atom stereocenters. The van der Waals surface area contributed by atoms with E-state index in [2.05, 4.69) is 10.4 Å². The van der Waals surface area contributed by atoms with Crippen molar-refractivity contribution in [3.8, 4) is 0 Å². The number of piperidine rings is 1. The standard InChI is InChI=1S/C17H21FN4O2/c1-21-9-6-15(20-21)19-16(23)12-22-10-7-17(24,8-11-22)13-2-4-14(18)5-3-13/h2-6,9,24H,7-8,10-12H2,1H3,(H,19,20,23). The highest BCUT2D eigenvalue weighted by Crippen LogP contribution is 2.32. The summed E-state index contributed by atoms with van der Waals surface area (Å²) in [5, 5.41) is 17.6. The van der Waals surface area contributed by atoms with Gasteiger partial charge in [0.1, 0.15) is 5.82 Å². The fourth-order valence-corrected chi connectivity index (χ4v) is 3.00. The molecule has 2 aromatic rings. The summed E-state index contributed by atoms with van der Waals surface area (Å²) in [4.78, 5) is 14.0. The van der Waals surface area contributed by atoms with Crippen LogP contribution in [0.1, 0.15) is 18.4 Å². The number of carbonyl (C=O) groups excluding carboxylic acids is 1. The number of aryl methyl sites for hydroxylation is 1. The lowest BCUT2D eigenvalue weighted by Crippen LogP contribution is -2.45. The maximum atomic E-state index is 13.0. The number of aliphatic hydroxyl groups is 1. The maximum Gasteiger partial charge on any atom is 0.239 e. The number of anilines is 1. The van der Waals surface area contributed by atoms with Crippen LogP contribution >= 0.6 is 0 Å². The molecule has 1 fully saturated rings. The molecule has 7 heteroatoms. The lowest BCUT2D eigenvalue weighted by molar-refractivity contribution is -0.118. The molecule has 0 unspecified atom stereocenters. The van der Waals surface area contributed by atoms with Crippen LogP contribution in [0.5, 0.6) is 0 Å². The van der Waals surface area contributed by atoms with Crippen molar-refractivity contribution < 1.29 is 14.3 Å². The zero-order valence-corrected chi connectivity index (χ0v) is 13.6. The van der Waals surface area contributed by atoms with Crippen molar-refractivity contribution >= 4 is 11.7 Å². The molecule has 24 heavy (non-hydrogen) atoms. The van der Waals surface area contributed by atoms with Crippen molar-refractivity contribution in [2.45, 2.75) is 18.4 Å². The fourth-order valence-electron chi connectivity index (χ4n) is 3.00. The largest absolute Gasteiger partial charge is 0.385 e. The Bertz CT molecular complexity index is 706. The molecule has 1 aliphatic heterocycles. The first-order valence-electron chi connectivity index (χ1n) is 7.95. The smallest absolute Gasteiger partial charge is 0.239 e. The molecule has 1 aliphatic rings. The number of amides is 1. The Kier molecular flexibility index (Phi) is 4.64. The summed E-state index contributed by atoms with van der Waals surface area (Å²) in [6.45, 7) is 1.46. The van der Waals surface area contributed by atoms with E-state index in [-0.39, 0.29) is 18.3 Å². The summed E-state index contributed by atoms with van der Waals surface area (Å²) >= 11 is 0. The molecular formula is C17H21FN4O2. The van der Waals surface area contributed by atoms with Crippen molar-refractivity contribution in [2.75, 3.05) is 25.0 Å². The Balaban J connectivity index is 1.53. The Hall–Kier alpha value is -2.25. The topological polar surface area (TPSA) is 70.4 Å². The number of nitrogens with one attached hydrogen (secondary N) is 1. The van der Waals surface area contributed by atoms with Crippen LogP contribution < -0.4 is 5.32 Å². The van der Waals surface area contributed by atoms with Crippen LogP contribution in [0, 0.1) is 5.82 Å². The Morgan fingerprint density at radius 1 is 1.29 bits per heavy atom. The molecule has 128 valence electrons. The molecule has 1 saturated heterocycles. The van der Waals surface area contributed by atoms with Crippen molar-refractivity contribution in [1.82, 2.24) is 14.7 Å². The fraction of sp³-hybridized carbons (Fsp3) is 0.412. The quantitative estimate of drug-likeness (QED) is 0.890. The van der Waals surface area contributed by atoms with Crippen molar-refractivity contribution in [3.63, 3.8) is 0 Å².